The number of thiazole rings is 1. The van der Waals surface area contributed by atoms with Gasteiger partial charge in [0.1, 0.15) is 10.8 Å². The molecule has 168 valence electrons. The van der Waals surface area contributed by atoms with Gasteiger partial charge in [0.05, 0.1) is 11.3 Å². The van der Waals surface area contributed by atoms with E-state index in [-0.39, 0.29) is 22.6 Å². The number of piperazine rings is 1. The summed E-state index contributed by atoms with van der Waals surface area (Å²) in [4.78, 5) is 22.3. The molecule has 2 heterocycles. The van der Waals surface area contributed by atoms with Gasteiger partial charge in [-0.15, -0.1) is 0 Å². The Balaban J connectivity index is 1.54. The minimum atomic E-state index is -0.376. The molecule has 2 N–H and O–H groups in total. The monoisotopic (exact) mass is 514 g/mol. The molecule has 0 spiro atoms. The van der Waals surface area contributed by atoms with E-state index in [2.05, 4.69) is 76.1 Å². The summed E-state index contributed by atoms with van der Waals surface area (Å²) >= 11 is 4.84. The Morgan fingerprint density at radius 3 is 2.38 bits per heavy atom. The van der Waals surface area contributed by atoms with Crippen LogP contribution in [0.1, 0.15) is 36.8 Å². The molecule has 8 heteroatoms. The summed E-state index contributed by atoms with van der Waals surface area (Å²) in [6.45, 7) is 10.0. The van der Waals surface area contributed by atoms with Crippen molar-refractivity contribution in [2.24, 2.45) is 0 Å². The molecular formula is C24H27BrN4O2S. The molecule has 0 bridgehead atoms. The summed E-state index contributed by atoms with van der Waals surface area (Å²) < 4.78 is 0.729. The van der Waals surface area contributed by atoms with Gasteiger partial charge >= 0.3 is 0 Å². The number of aromatic hydroxyl groups is 1. The van der Waals surface area contributed by atoms with Crippen LogP contribution >= 0.6 is 27.3 Å². The third-order valence-electron chi connectivity index (χ3n) is 5.43. The van der Waals surface area contributed by atoms with Crippen molar-refractivity contribution in [3.05, 3.63) is 64.3 Å². The van der Waals surface area contributed by atoms with Gasteiger partial charge in [0.2, 0.25) is 0 Å². The van der Waals surface area contributed by atoms with Crippen molar-refractivity contribution in [3.63, 3.8) is 0 Å². The first-order chi connectivity index (χ1) is 15.2. The van der Waals surface area contributed by atoms with Crippen molar-refractivity contribution >= 4 is 49.0 Å². The van der Waals surface area contributed by atoms with Crippen LogP contribution in [0.5, 0.6) is 5.75 Å². The fourth-order valence-electron chi connectivity index (χ4n) is 3.73. The van der Waals surface area contributed by atoms with Crippen LogP contribution < -0.4 is 15.1 Å². The van der Waals surface area contributed by atoms with Crippen molar-refractivity contribution < 1.29 is 9.90 Å². The maximum atomic E-state index is 12.8. The standard InChI is InChI=1S/C24H27BrN4O2S/c1-24(2,3)20-22(29-13-11-28(12-14-29)17-7-5-4-6-8-17)32-23(26-20)27-21(31)18-15-16(25)9-10-19(18)30/h4-10,15,30H,11-14H2,1-3H3,(H,26,27,31). The van der Waals surface area contributed by atoms with Crippen LogP contribution in [0.4, 0.5) is 15.8 Å². The number of phenols is 1. The molecule has 6 nitrogen and oxygen atoms in total. The zero-order valence-electron chi connectivity index (χ0n) is 18.4. The van der Waals surface area contributed by atoms with Gasteiger partial charge in [-0.25, -0.2) is 4.98 Å². The Hall–Kier alpha value is -2.58. The lowest BCUT2D eigenvalue weighted by atomic mass is 9.92. The van der Waals surface area contributed by atoms with Crippen molar-refractivity contribution in [2.45, 2.75) is 26.2 Å². The summed E-state index contributed by atoms with van der Waals surface area (Å²) in [6.07, 6.45) is 0. The van der Waals surface area contributed by atoms with Crippen LogP contribution in [0, 0.1) is 0 Å². The minimum absolute atomic E-state index is 0.0597. The van der Waals surface area contributed by atoms with Crippen LogP contribution in [0.3, 0.4) is 0 Å². The lowest BCUT2D eigenvalue weighted by molar-refractivity contribution is 0.102. The van der Waals surface area contributed by atoms with Gasteiger partial charge in [-0.05, 0) is 30.3 Å². The zero-order valence-corrected chi connectivity index (χ0v) is 20.8. The molecule has 1 saturated heterocycles. The van der Waals surface area contributed by atoms with Gasteiger partial charge in [-0.2, -0.15) is 0 Å². The number of anilines is 3. The second kappa shape index (κ2) is 9.11. The highest BCUT2D eigenvalue weighted by Gasteiger charge is 2.29. The number of amides is 1. The normalized spacial score (nSPS) is 14.5. The van der Waals surface area contributed by atoms with Gasteiger partial charge in [-0.3, -0.25) is 10.1 Å². The largest absolute Gasteiger partial charge is 0.507 e. The van der Waals surface area contributed by atoms with E-state index < -0.39 is 0 Å². The molecule has 1 aromatic heterocycles. The molecule has 3 aromatic rings. The van der Waals surface area contributed by atoms with Crippen LogP contribution in [0.15, 0.2) is 53.0 Å². The molecule has 1 aliphatic rings. The third-order valence-corrected chi connectivity index (χ3v) is 6.96. The summed E-state index contributed by atoms with van der Waals surface area (Å²) in [5, 5.41) is 14.6. The zero-order chi connectivity index (χ0) is 22.9. The van der Waals surface area contributed by atoms with Crippen molar-refractivity contribution in [1.82, 2.24) is 4.98 Å². The van der Waals surface area contributed by atoms with Crippen LogP contribution in [-0.2, 0) is 5.41 Å². The Kier molecular flexibility index (Phi) is 6.44. The van der Waals surface area contributed by atoms with Gasteiger partial charge in [0.25, 0.3) is 5.91 Å². The quantitative estimate of drug-likeness (QED) is 0.481. The highest BCUT2D eigenvalue weighted by Crippen LogP contribution is 2.40. The molecule has 1 amide bonds. The fraction of sp³-hybridized carbons (Fsp3) is 0.333. The topological polar surface area (TPSA) is 68.7 Å². The number of carbonyl (C=O) groups is 1. The smallest absolute Gasteiger partial charge is 0.261 e. The Morgan fingerprint density at radius 1 is 1.06 bits per heavy atom. The molecule has 1 aliphatic heterocycles. The third kappa shape index (κ3) is 4.91. The number of rotatable bonds is 4. The summed E-state index contributed by atoms with van der Waals surface area (Å²) in [7, 11) is 0. The van der Waals surface area contributed by atoms with E-state index in [0.717, 1.165) is 41.3 Å². The Morgan fingerprint density at radius 2 is 1.72 bits per heavy atom. The van der Waals surface area contributed by atoms with E-state index in [1.54, 1.807) is 12.1 Å². The number of hydrogen-bond acceptors (Lipinski definition) is 6. The van der Waals surface area contributed by atoms with Crippen molar-refractivity contribution in [3.8, 4) is 5.75 Å². The van der Waals surface area contributed by atoms with E-state index in [1.807, 2.05) is 6.07 Å². The highest BCUT2D eigenvalue weighted by molar-refractivity contribution is 9.10. The maximum absolute atomic E-state index is 12.8. The van der Waals surface area contributed by atoms with E-state index in [4.69, 9.17) is 4.98 Å². The number of nitrogens with zero attached hydrogens (tertiary/aromatic N) is 3. The molecule has 4 rings (SSSR count). The SMILES string of the molecule is CC(C)(C)c1nc(NC(=O)c2cc(Br)ccc2O)sc1N1CCN(c2ccccc2)CC1. The number of para-hydroxylation sites is 1. The molecule has 0 radical (unpaired) electrons. The Bertz CT molecular complexity index is 1100. The fourth-order valence-corrected chi connectivity index (χ4v) is 5.31. The first-order valence-corrected chi connectivity index (χ1v) is 12.2. The average molecular weight is 515 g/mol. The minimum Gasteiger partial charge on any atom is -0.507 e. The van der Waals surface area contributed by atoms with E-state index >= 15 is 0 Å². The van der Waals surface area contributed by atoms with E-state index in [9.17, 15) is 9.90 Å². The van der Waals surface area contributed by atoms with Gasteiger partial charge in [0.15, 0.2) is 5.13 Å². The molecule has 0 unspecified atom stereocenters. The molecule has 2 aromatic carbocycles. The first-order valence-electron chi connectivity index (χ1n) is 10.6. The highest BCUT2D eigenvalue weighted by atomic mass is 79.9. The van der Waals surface area contributed by atoms with Crippen LogP contribution in [-0.4, -0.2) is 42.2 Å². The van der Waals surface area contributed by atoms with E-state index in [0.29, 0.717) is 5.13 Å². The average Bonchev–Trinajstić information content (AvgIpc) is 3.20. The lowest BCUT2D eigenvalue weighted by Gasteiger charge is -2.37. The van der Waals surface area contributed by atoms with Crippen LogP contribution in [0.2, 0.25) is 0 Å². The second-order valence-corrected chi connectivity index (χ2v) is 10.7. The van der Waals surface area contributed by atoms with Gasteiger partial charge < -0.3 is 14.9 Å². The molecule has 32 heavy (non-hydrogen) atoms. The predicted octanol–water partition coefficient (Wildman–Crippen LogP) is 5.49. The van der Waals surface area contributed by atoms with Gasteiger partial charge in [-0.1, -0.05) is 66.2 Å². The number of nitrogens with one attached hydrogen (secondary N) is 1. The number of halogens is 1. The molecule has 0 aliphatic carbocycles. The van der Waals surface area contributed by atoms with Crippen molar-refractivity contribution in [2.75, 3.05) is 41.3 Å². The first kappa shape index (κ1) is 22.6. The number of benzene rings is 2. The van der Waals surface area contributed by atoms with Crippen molar-refractivity contribution in [1.29, 1.82) is 0 Å². The molecule has 0 saturated carbocycles. The number of phenolic OH excluding ortho intramolecular Hbond substituents is 1. The van der Waals surface area contributed by atoms with E-state index in [1.165, 1.54) is 23.1 Å². The lowest BCUT2D eigenvalue weighted by Crippen LogP contribution is -2.46. The number of aromatic nitrogens is 1. The molecular weight excluding hydrogens is 488 g/mol. The maximum Gasteiger partial charge on any atom is 0.261 e. The van der Waals surface area contributed by atoms with Crippen LogP contribution in [0.25, 0.3) is 0 Å². The predicted molar refractivity (Wildman–Crippen MR) is 135 cm³/mol. The summed E-state index contributed by atoms with van der Waals surface area (Å²) in [5.41, 5.74) is 2.27. The summed E-state index contributed by atoms with van der Waals surface area (Å²) in [5.74, 6) is -0.436. The number of carbonyl (C=O) groups excluding carboxylic acids is 1. The van der Waals surface area contributed by atoms with Gasteiger partial charge in [0, 0.05) is 41.8 Å². The number of hydrogen-bond donors (Lipinski definition) is 2. The Labute approximate surface area is 201 Å². The second-order valence-electron chi connectivity index (χ2n) is 8.85. The molecule has 1 fully saturated rings. The molecule has 0 atom stereocenters. The summed E-state index contributed by atoms with van der Waals surface area (Å²) in [6, 6.07) is 15.3.